The normalized spacial score (nSPS) is 11.4. The van der Waals surface area contributed by atoms with Gasteiger partial charge in [0, 0.05) is 33.3 Å². The Bertz CT molecular complexity index is 624. The Kier molecular flexibility index (Phi) is 5.45. The zero-order valence-corrected chi connectivity index (χ0v) is 12.9. The zero-order chi connectivity index (χ0) is 16.2. The second-order valence-corrected chi connectivity index (χ2v) is 6.59. The molecule has 0 aromatic heterocycles. The van der Waals surface area contributed by atoms with Crippen LogP contribution in [0.3, 0.4) is 0 Å². The highest BCUT2D eigenvalue weighted by Gasteiger charge is 2.21. The van der Waals surface area contributed by atoms with Crippen molar-refractivity contribution in [2.75, 3.05) is 25.5 Å². The Balaban J connectivity index is 2.94. The van der Waals surface area contributed by atoms with Gasteiger partial charge in [-0.3, -0.25) is 9.59 Å². The summed E-state index contributed by atoms with van der Waals surface area (Å²) < 4.78 is 25.4. The van der Waals surface area contributed by atoms with E-state index in [-0.39, 0.29) is 23.8 Å². The first kappa shape index (κ1) is 17.1. The van der Waals surface area contributed by atoms with Gasteiger partial charge in [-0.25, -0.2) is 12.7 Å². The van der Waals surface area contributed by atoms with Crippen LogP contribution >= 0.6 is 0 Å². The molecule has 0 bridgehead atoms. The predicted molar refractivity (Wildman–Crippen MR) is 77.6 cm³/mol. The van der Waals surface area contributed by atoms with Crippen LogP contribution in [0, 0.1) is 0 Å². The van der Waals surface area contributed by atoms with Gasteiger partial charge in [-0.2, -0.15) is 0 Å². The summed E-state index contributed by atoms with van der Waals surface area (Å²) in [4.78, 5) is 23.2. The molecule has 0 spiro atoms. The van der Waals surface area contributed by atoms with E-state index in [2.05, 4.69) is 0 Å². The second kappa shape index (κ2) is 6.68. The molecule has 0 saturated carbocycles. The maximum atomic E-state index is 12.2. The van der Waals surface area contributed by atoms with Crippen LogP contribution in [0.2, 0.25) is 0 Å². The highest BCUT2D eigenvalue weighted by molar-refractivity contribution is 7.89. The first-order valence-electron chi connectivity index (χ1n) is 6.18. The highest BCUT2D eigenvalue weighted by atomic mass is 32.2. The van der Waals surface area contributed by atoms with Crippen LogP contribution in [-0.4, -0.2) is 50.3 Å². The number of carboxylic acids is 1. The molecule has 1 aromatic carbocycles. The Morgan fingerprint density at radius 2 is 1.67 bits per heavy atom. The van der Waals surface area contributed by atoms with Crippen molar-refractivity contribution in [1.82, 2.24) is 4.31 Å². The fraction of sp³-hybridized carbons (Fsp3) is 0.385. The third-order valence-corrected chi connectivity index (χ3v) is 4.92. The number of carboxylic acid groups (broad SMARTS) is 1. The van der Waals surface area contributed by atoms with Gasteiger partial charge in [0.05, 0.1) is 11.3 Å². The fourth-order valence-corrected chi connectivity index (χ4v) is 2.75. The minimum atomic E-state index is -3.73. The minimum absolute atomic E-state index is 0.0519. The number of benzene rings is 1. The monoisotopic (exact) mass is 314 g/mol. The molecule has 0 radical (unpaired) electrons. The lowest BCUT2D eigenvalue weighted by molar-refractivity contribution is -0.137. The highest BCUT2D eigenvalue weighted by Crippen LogP contribution is 2.19. The molecule has 0 heterocycles. The van der Waals surface area contributed by atoms with Crippen LogP contribution in [0.5, 0.6) is 0 Å². The SMILES string of the molecule is CC(=O)N(C)c1ccc(S(=O)(=O)N(C)CCC(=O)O)cc1. The van der Waals surface area contributed by atoms with E-state index in [4.69, 9.17) is 5.11 Å². The number of hydrogen-bond acceptors (Lipinski definition) is 4. The van der Waals surface area contributed by atoms with Gasteiger partial charge in [0.2, 0.25) is 15.9 Å². The number of carbonyl (C=O) groups is 2. The minimum Gasteiger partial charge on any atom is -0.481 e. The molecule has 1 N–H and O–H groups in total. The molecule has 1 amide bonds. The van der Waals surface area contributed by atoms with E-state index in [9.17, 15) is 18.0 Å². The molecule has 7 nitrogen and oxygen atoms in total. The second-order valence-electron chi connectivity index (χ2n) is 4.54. The van der Waals surface area contributed by atoms with Crippen LogP contribution in [0.1, 0.15) is 13.3 Å². The number of amides is 1. The predicted octanol–water partition coefficient (Wildman–Crippen LogP) is 0.764. The summed E-state index contributed by atoms with van der Waals surface area (Å²) in [6.45, 7) is 1.30. The van der Waals surface area contributed by atoms with Crippen molar-refractivity contribution in [2.24, 2.45) is 0 Å². The van der Waals surface area contributed by atoms with Gasteiger partial charge in [0.1, 0.15) is 0 Å². The van der Waals surface area contributed by atoms with Crippen molar-refractivity contribution >= 4 is 27.6 Å². The largest absolute Gasteiger partial charge is 0.481 e. The lowest BCUT2D eigenvalue weighted by Crippen LogP contribution is -2.29. The van der Waals surface area contributed by atoms with E-state index >= 15 is 0 Å². The average Bonchev–Trinajstić information content (AvgIpc) is 2.43. The zero-order valence-electron chi connectivity index (χ0n) is 12.1. The van der Waals surface area contributed by atoms with E-state index in [1.54, 1.807) is 7.05 Å². The van der Waals surface area contributed by atoms with Crippen molar-refractivity contribution in [3.05, 3.63) is 24.3 Å². The lowest BCUT2D eigenvalue weighted by atomic mass is 10.3. The average molecular weight is 314 g/mol. The summed E-state index contributed by atoms with van der Waals surface area (Å²) in [5.41, 5.74) is 0.578. The number of nitrogens with zero attached hydrogens (tertiary/aromatic N) is 2. The van der Waals surface area contributed by atoms with Crippen molar-refractivity contribution in [3.8, 4) is 0 Å². The number of rotatable bonds is 6. The quantitative estimate of drug-likeness (QED) is 0.836. The Morgan fingerprint density at radius 1 is 1.14 bits per heavy atom. The Labute approximate surface area is 123 Å². The Morgan fingerprint density at radius 3 is 2.10 bits per heavy atom. The summed E-state index contributed by atoms with van der Waals surface area (Å²) in [5, 5.41) is 8.59. The number of sulfonamides is 1. The molecule has 0 aliphatic rings. The number of carbonyl (C=O) groups excluding carboxylic acids is 1. The molecular weight excluding hydrogens is 296 g/mol. The number of aliphatic carboxylic acids is 1. The summed E-state index contributed by atoms with van der Waals surface area (Å²) in [5.74, 6) is -1.22. The van der Waals surface area contributed by atoms with Crippen molar-refractivity contribution in [1.29, 1.82) is 0 Å². The molecule has 0 aliphatic heterocycles. The van der Waals surface area contributed by atoms with Crippen molar-refractivity contribution in [2.45, 2.75) is 18.2 Å². The van der Waals surface area contributed by atoms with E-state index in [1.807, 2.05) is 0 Å². The molecular formula is C13H18N2O5S. The molecule has 0 atom stereocenters. The van der Waals surface area contributed by atoms with Crippen LogP contribution in [0.4, 0.5) is 5.69 Å². The summed E-state index contributed by atoms with van der Waals surface area (Å²) in [7, 11) is -0.815. The standard InChI is InChI=1S/C13H18N2O5S/c1-10(16)15(3)11-4-6-12(7-5-11)21(19,20)14(2)9-8-13(17)18/h4-7H,8-9H2,1-3H3,(H,17,18). The third kappa shape index (κ3) is 4.27. The summed E-state index contributed by atoms with van der Waals surface area (Å²) in [6, 6.07) is 5.83. The van der Waals surface area contributed by atoms with E-state index in [0.717, 1.165) is 4.31 Å². The van der Waals surface area contributed by atoms with Crippen LogP contribution < -0.4 is 4.90 Å². The molecule has 1 rings (SSSR count). The fourth-order valence-electron chi connectivity index (χ4n) is 1.58. The number of hydrogen-bond donors (Lipinski definition) is 1. The van der Waals surface area contributed by atoms with Crippen LogP contribution in [-0.2, 0) is 19.6 Å². The molecule has 0 saturated heterocycles. The van der Waals surface area contributed by atoms with Gasteiger partial charge >= 0.3 is 5.97 Å². The van der Waals surface area contributed by atoms with Gasteiger partial charge in [0.25, 0.3) is 0 Å². The Hall–Kier alpha value is -1.93. The molecule has 21 heavy (non-hydrogen) atoms. The molecule has 0 fully saturated rings. The molecule has 0 aliphatic carbocycles. The van der Waals surface area contributed by atoms with Gasteiger partial charge in [-0.1, -0.05) is 0 Å². The third-order valence-electron chi connectivity index (χ3n) is 3.05. The maximum Gasteiger partial charge on any atom is 0.304 e. The summed E-state index contributed by atoms with van der Waals surface area (Å²) >= 11 is 0. The first-order valence-corrected chi connectivity index (χ1v) is 7.62. The topological polar surface area (TPSA) is 95.0 Å². The smallest absolute Gasteiger partial charge is 0.304 e. The number of anilines is 1. The van der Waals surface area contributed by atoms with Gasteiger partial charge in [-0.15, -0.1) is 0 Å². The van der Waals surface area contributed by atoms with Gasteiger partial charge in [-0.05, 0) is 24.3 Å². The van der Waals surface area contributed by atoms with Gasteiger partial charge < -0.3 is 10.0 Å². The van der Waals surface area contributed by atoms with E-state index < -0.39 is 16.0 Å². The molecule has 8 heteroatoms. The van der Waals surface area contributed by atoms with Crippen LogP contribution in [0.15, 0.2) is 29.2 Å². The van der Waals surface area contributed by atoms with Crippen LogP contribution in [0.25, 0.3) is 0 Å². The van der Waals surface area contributed by atoms with Crippen molar-refractivity contribution in [3.63, 3.8) is 0 Å². The van der Waals surface area contributed by atoms with Gasteiger partial charge in [0.15, 0.2) is 0 Å². The molecule has 116 valence electrons. The molecule has 0 unspecified atom stereocenters. The van der Waals surface area contributed by atoms with E-state index in [1.165, 1.54) is 43.1 Å². The lowest BCUT2D eigenvalue weighted by Gasteiger charge is -2.18. The first-order chi connectivity index (χ1) is 9.66. The molecule has 1 aromatic rings. The summed E-state index contributed by atoms with van der Waals surface area (Å²) in [6.07, 6.45) is -0.263. The van der Waals surface area contributed by atoms with E-state index in [0.29, 0.717) is 5.69 Å². The maximum absolute atomic E-state index is 12.2. The van der Waals surface area contributed by atoms with Crippen molar-refractivity contribution < 1.29 is 23.1 Å².